The number of amides is 5. The lowest BCUT2D eigenvalue weighted by Gasteiger charge is -2.21. The Morgan fingerprint density at radius 2 is 1.88 bits per heavy atom. The van der Waals surface area contributed by atoms with Gasteiger partial charge in [0.2, 0.25) is 5.91 Å². The second-order valence-corrected chi connectivity index (χ2v) is 6.26. The summed E-state index contributed by atoms with van der Waals surface area (Å²) in [4.78, 5) is 51.1. The number of likely N-dealkylation sites (N-methyl/N-ethyl adjacent to an activating group) is 1. The zero-order valence-electron chi connectivity index (χ0n) is 13.7. The van der Waals surface area contributed by atoms with Crippen LogP contribution < -0.4 is 0 Å². The molecule has 1 aromatic rings. The molecule has 0 atom stereocenters. The van der Waals surface area contributed by atoms with E-state index in [0.717, 1.165) is 10.5 Å². The molecule has 2 rings (SSSR count). The van der Waals surface area contributed by atoms with Crippen LogP contribution in [-0.2, 0) is 20.9 Å². The van der Waals surface area contributed by atoms with E-state index in [4.69, 9.17) is 11.6 Å². The summed E-state index contributed by atoms with van der Waals surface area (Å²) in [7, 11) is 1.55. The van der Waals surface area contributed by atoms with Gasteiger partial charge < -0.3 is 4.90 Å². The number of benzene rings is 1. The van der Waals surface area contributed by atoms with Crippen molar-refractivity contribution in [2.45, 2.75) is 26.4 Å². The number of carbonyl (C=O) groups is 4. The first-order valence-corrected chi connectivity index (χ1v) is 7.77. The Balaban J connectivity index is 2.05. The van der Waals surface area contributed by atoms with E-state index in [2.05, 4.69) is 0 Å². The smallest absolute Gasteiger partial charge is 0.334 e. The van der Waals surface area contributed by atoms with Gasteiger partial charge in [0, 0.05) is 24.7 Å². The van der Waals surface area contributed by atoms with Gasteiger partial charge in [-0.25, -0.2) is 9.69 Å². The highest BCUT2D eigenvalue weighted by Crippen LogP contribution is 2.16. The third kappa shape index (κ3) is 3.56. The molecule has 0 N–H and O–H groups in total. The van der Waals surface area contributed by atoms with Crippen LogP contribution in [0.1, 0.15) is 19.4 Å². The van der Waals surface area contributed by atoms with E-state index < -0.39 is 36.3 Å². The monoisotopic (exact) mass is 351 g/mol. The standard InChI is InChI=1S/C16H18ClN3O4/c1-10(2)20-15(23)14(22)19(16(20)24)9-13(21)18(3)8-11-5-4-6-12(17)7-11/h4-7,10H,8-9H2,1-3H3. The predicted octanol–water partition coefficient (Wildman–Crippen LogP) is 1.50. The minimum atomic E-state index is -0.974. The highest BCUT2D eigenvalue weighted by Gasteiger charge is 2.46. The molecular formula is C16H18ClN3O4. The molecule has 0 spiro atoms. The molecule has 128 valence electrons. The zero-order valence-corrected chi connectivity index (χ0v) is 14.4. The Hall–Kier alpha value is -2.41. The molecule has 1 aliphatic heterocycles. The topological polar surface area (TPSA) is 78.0 Å². The highest BCUT2D eigenvalue weighted by molar-refractivity contribution is 6.45. The number of imide groups is 2. The number of halogens is 1. The van der Waals surface area contributed by atoms with E-state index in [1.165, 1.54) is 4.90 Å². The van der Waals surface area contributed by atoms with Crippen molar-refractivity contribution in [2.24, 2.45) is 0 Å². The fraction of sp³-hybridized carbons (Fsp3) is 0.375. The summed E-state index contributed by atoms with van der Waals surface area (Å²) in [6.07, 6.45) is 0. The molecule has 0 radical (unpaired) electrons. The largest absolute Gasteiger partial charge is 0.340 e. The summed E-state index contributed by atoms with van der Waals surface area (Å²) in [6.45, 7) is 3.06. The molecule has 1 aliphatic rings. The van der Waals surface area contributed by atoms with Gasteiger partial charge in [-0.2, -0.15) is 0 Å². The molecule has 0 unspecified atom stereocenters. The molecule has 0 bridgehead atoms. The van der Waals surface area contributed by atoms with Gasteiger partial charge in [0.15, 0.2) is 0 Å². The lowest BCUT2D eigenvalue weighted by Crippen LogP contribution is -2.42. The van der Waals surface area contributed by atoms with Crippen LogP contribution in [-0.4, -0.2) is 58.1 Å². The van der Waals surface area contributed by atoms with Crippen LogP contribution in [0.3, 0.4) is 0 Å². The van der Waals surface area contributed by atoms with Crippen LogP contribution in [0, 0.1) is 0 Å². The average molecular weight is 352 g/mol. The van der Waals surface area contributed by atoms with Crippen molar-refractivity contribution in [1.82, 2.24) is 14.7 Å². The Bertz CT molecular complexity index is 704. The van der Waals surface area contributed by atoms with Gasteiger partial charge in [-0.1, -0.05) is 23.7 Å². The molecule has 1 fully saturated rings. The van der Waals surface area contributed by atoms with Crippen molar-refractivity contribution in [3.8, 4) is 0 Å². The molecule has 0 aromatic heterocycles. The molecule has 8 heteroatoms. The molecule has 1 heterocycles. The Kier molecular flexibility index (Phi) is 5.23. The first-order chi connectivity index (χ1) is 11.2. The van der Waals surface area contributed by atoms with E-state index in [0.29, 0.717) is 9.92 Å². The minimum absolute atomic E-state index is 0.275. The molecule has 1 aromatic carbocycles. The van der Waals surface area contributed by atoms with Crippen LogP contribution in [0.25, 0.3) is 0 Å². The van der Waals surface area contributed by atoms with Crippen LogP contribution in [0.2, 0.25) is 5.02 Å². The van der Waals surface area contributed by atoms with Gasteiger partial charge in [-0.15, -0.1) is 0 Å². The van der Waals surface area contributed by atoms with Crippen LogP contribution in [0.5, 0.6) is 0 Å². The molecule has 1 saturated heterocycles. The summed E-state index contributed by atoms with van der Waals surface area (Å²) in [5.41, 5.74) is 0.817. The SMILES string of the molecule is CC(C)N1C(=O)C(=O)N(CC(=O)N(C)Cc2cccc(Cl)c2)C1=O. The molecule has 24 heavy (non-hydrogen) atoms. The van der Waals surface area contributed by atoms with Gasteiger partial charge >= 0.3 is 17.8 Å². The van der Waals surface area contributed by atoms with Crippen molar-refractivity contribution >= 4 is 35.4 Å². The van der Waals surface area contributed by atoms with Gasteiger partial charge in [0.1, 0.15) is 6.54 Å². The number of carbonyl (C=O) groups excluding carboxylic acids is 4. The predicted molar refractivity (Wildman–Crippen MR) is 87.0 cm³/mol. The quantitative estimate of drug-likeness (QED) is 0.595. The van der Waals surface area contributed by atoms with E-state index in [-0.39, 0.29) is 6.54 Å². The third-order valence-corrected chi connectivity index (χ3v) is 3.86. The normalized spacial score (nSPS) is 14.8. The van der Waals surface area contributed by atoms with Gasteiger partial charge in [0.25, 0.3) is 0 Å². The maximum Gasteiger partial charge on any atom is 0.334 e. The molecule has 5 amide bonds. The van der Waals surface area contributed by atoms with Crippen LogP contribution >= 0.6 is 11.6 Å². The third-order valence-electron chi connectivity index (χ3n) is 3.63. The summed E-state index contributed by atoms with van der Waals surface area (Å²) >= 11 is 5.90. The van der Waals surface area contributed by atoms with E-state index in [9.17, 15) is 19.2 Å². The van der Waals surface area contributed by atoms with Gasteiger partial charge in [-0.05, 0) is 31.5 Å². The Morgan fingerprint density at radius 3 is 2.42 bits per heavy atom. The van der Waals surface area contributed by atoms with Crippen LogP contribution in [0.15, 0.2) is 24.3 Å². The average Bonchev–Trinajstić information content (AvgIpc) is 2.70. The van der Waals surface area contributed by atoms with E-state index >= 15 is 0 Å². The van der Waals surface area contributed by atoms with Crippen molar-refractivity contribution in [2.75, 3.05) is 13.6 Å². The lowest BCUT2D eigenvalue weighted by molar-refractivity contribution is -0.145. The number of hydrogen-bond acceptors (Lipinski definition) is 4. The molecular weight excluding hydrogens is 334 g/mol. The lowest BCUT2D eigenvalue weighted by atomic mass is 10.2. The fourth-order valence-electron chi connectivity index (χ4n) is 2.37. The molecule has 0 aliphatic carbocycles. The highest BCUT2D eigenvalue weighted by atomic mass is 35.5. The first-order valence-electron chi connectivity index (χ1n) is 7.39. The minimum Gasteiger partial charge on any atom is -0.340 e. The summed E-state index contributed by atoms with van der Waals surface area (Å²) in [5.74, 6) is -2.33. The van der Waals surface area contributed by atoms with E-state index in [1.54, 1.807) is 39.1 Å². The summed E-state index contributed by atoms with van der Waals surface area (Å²) < 4.78 is 0. The second kappa shape index (κ2) is 7.00. The second-order valence-electron chi connectivity index (χ2n) is 5.82. The van der Waals surface area contributed by atoms with Crippen molar-refractivity contribution < 1.29 is 19.2 Å². The number of nitrogens with zero attached hydrogens (tertiary/aromatic N) is 3. The number of urea groups is 1. The summed E-state index contributed by atoms with van der Waals surface area (Å²) in [6, 6.07) is 5.82. The molecule has 7 nitrogen and oxygen atoms in total. The molecule has 0 saturated carbocycles. The van der Waals surface area contributed by atoms with Crippen molar-refractivity contribution in [3.05, 3.63) is 34.9 Å². The number of rotatable bonds is 5. The Morgan fingerprint density at radius 1 is 1.21 bits per heavy atom. The van der Waals surface area contributed by atoms with Crippen molar-refractivity contribution in [1.29, 1.82) is 0 Å². The first kappa shape index (κ1) is 17.9. The maximum atomic E-state index is 12.3. The van der Waals surface area contributed by atoms with Crippen LogP contribution in [0.4, 0.5) is 4.79 Å². The number of hydrogen-bond donors (Lipinski definition) is 0. The van der Waals surface area contributed by atoms with Crippen molar-refractivity contribution in [3.63, 3.8) is 0 Å². The zero-order chi connectivity index (χ0) is 18.0. The maximum absolute atomic E-state index is 12.3. The Labute approximate surface area is 144 Å². The van der Waals surface area contributed by atoms with E-state index in [1.807, 2.05) is 6.07 Å². The summed E-state index contributed by atoms with van der Waals surface area (Å²) in [5, 5.41) is 0.552. The fourth-order valence-corrected chi connectivity index (χ4v) is 2.58. The van der Waals surface area contributed by atoms with Gasteiger partial charge in [-0.3, -0.25) is 19.3 Å². The van der Waals surface area contributed by atoms with Gasteiger partial charge in [0.05, 0.1) is 0 Å².